The predicted octanol–water partition coefficient (Wildman–Crippen LogP) is 4.10. The van der Waals surface area contributed by atoms with E-state index in [2.05, 4.69) is 41.4 Å². The van der Waals surface area contributed by atoms with E-state index < -0.39 is 0 Å². The summed E-state index contributed by atoms with van der Waals surface area (Å²) in [5, 5.41) is 6.84. The van der Waals surface area contributed by atoms with Gasteiger partial charge in [-0.15, -0.1) is 0 Å². The van der Waals surface area contributed by atoms with Gasteiger partial charge in [-0.05, 0) is 38.0 Å². The molecule has 0 spiro atoms. The molecule has 21 heavy (non-hydrogen) atoms. The second kappa shape index (κ2) is 8.20. The average Bonchev–Trinajstić information content (AvgIpc) is 2.46. The van der Waals surface area contributed by atoms with Crippen LogP contribution in [0.5, 0.6) is 0 Å². The fourth-order valence-corrected chi connectivity index (χ4v) is 3.19. The van der Waals surface area contributed by atoms with Crippen molar-refractivity contribution in [2.24, 2.45) is 11.8 Å². The molecule has 2 unspecified atom stereocenters. The summed E-state index contributed by atoms with van der Waals surface area (Å²) in [5.74, 6) is 4.53. The summed E-state index contributed by atoms with van der Waals surface area (Å²) >= 11 is 0. The SMILES string of the molecule is CCCc1nc(NCC)cc(NCC2CCCC(C)C2)n1. The molecule has 0 amide bonds. The highest BCUT2D eigenvalue weighted by molar-refractivity contribution is 5.47. The second-order valence-corrected chi connectivity index (χ2v) is 6.35. The molecular weight excluding hydrogens is 260 g/mol. The predicted molar refractivity (Wildman–Crippen MR) is 89.8 cm³/mol. The fraction of sp³-hybridized carbons (Fsp3) is 0.765. The van der Waals surface area contributed by atoms with Gasteiger partial charge in [0.1, 0.15) is 17.5 Å². The minimum absolute atomic E-state index is 0.793. The van der Waals surface area contributed by atoms with Crippen molar-refractivity contribution in [2.45, 2.75) is 59.3 Å². The Kier molecular flexibility index (Phi) is 6.27. The second-order valence-electron chi connectivity index (χ2n) is 6.35. The van der Waals surface area contributed by atoms with E-state index in [0.717, 1.165) is 55.2 Å². The van der Waals surface area contributed by atoms with Crippen LogP contribution in [0, 0.1) is 11.8 Å². The monoisotopic (exact) mass is 290 g/mol. The van der Waals surface area contributed by atoms with Crippen LogP contribution in [0.25, 0.3) is 0 Å². The first-order chi connectivity index (χ1) is 10.2. The summed E-state index contributed by atoms with van der Waals surface area (Å²) in [6.45, 7) is 8.57. The summed E-state index contributed by atoms with van der Waals surface area (Å²) in [4.78, 5) is 9.20. The normalized spacial score (nSPS) is 22.0. The molecule has 0 aromatic carbocycles. The molecule has 0 saturated heterocycles. The standard InChI is InChI=1S/C17H30N4/c1-4-7-15-20-16(18-5-2)11-17(21-15)19-12-14-9-6-8-13(3)10-14/h11,13-14H,4-10,12H2,1-3H3,(H2,18,19,20,21). The molecule has 1 heterocycles. The molecule has 1 aromatic heterocycles. The van der Waals surface area contributed by atoms with Crippen molar-refractivity contribution in [1.29, 1.82) is 0 Å². The zero-order valence-corrected chi connectivity index (χ0v) is 13.8. The van der Waals surface area contributed by atoms with E-state index in [1.54, 1.807) is 0 Å². The molecule has 1 aliphatic rings. The molecule has 4 heteroatoms. The van der Waals surface area contributed by atoms with Gasteiger partial charge >= 0.3 is 0 Å². The number of rotatable bonds is 7. The zero-order chi connectivity index (χ0) is 15.1. The summed E-state index contributed by atoms with van der Waals surface area (Å²) in [6.07, 6.45) is 7.49. The van der Waals surface area contributed by atoms with Crippen LogP contribution in [0.2, 0.25) is 0 Å². The Labute approximate surface area is 129 Å². The van der Waals surface area contributed by atoms with Gasteiger partial charge in [-0.3, -0.25) is 0 Å². The van der Waals surface area contributed by atoms with Crippen LogP contribution < -0.4 is 10.6 Å². The first kappa shape index (κ1) is 16.1. The molecule has 0 radical (unpaired) electrons. The lowest BCUT2D eigenvalue weighted by Crippen LogP contribution is -2.21. The number of nitrogens with one attached hydrogen (secondary N) is 2. The Morgan fingerprint density at radius 3 is 2.57 bits per heavy atom. The van der Waals surface area contributed by atoms with E-state index in [1.165, 1.54) is 25.7 Å². The third kappa shape index (κ3) is 5.18. The van der Waals surface area contributed by atoms with Crippen molar-refractivity contribution in [3.63, 3.8) is 0 Å². The number of nitrogens with zero attached hydrogens (tertiary/aromatic N) is 2. The molecule has 4 nitrogen and oxygen atoms in total. The number of hydrogen-bond donors (Lipinski definition) is 2. The highest BCUT2D eigenvalue weighted by atomic mass is 15.1. The highest BCUT2D eigenvalue weighted by Crippen LogP contribution is 2.28. The van der Waals surface area contributed by atoms with Crippen molar-refractivity contribution in [1.82, 2.24) is 9.97 Å². The van der Waals surface area contributed by atoms with Crippen LogP contribution in [-0.4, -0.2) is 23.1 Å². The Hall–Kier alpha value is -1.32. The number of aryl methyl sites for hydroxylation is 1. The molecule has 118 valence electrons. The van der Waals surface area contributed by atoms with Crippen molar-refractivity contribution < 1.29 is 0 Å². The molecule has 0 bridgehead atoms. The Morgan fingerprint density at radius 1 is 1.14 bits per heavy atom. The van der Waals surface area contributed by atoms with Crippen molar-refractivity contribution in [2.75, 3.05) is 23.7 Å². The Bertz CT molecular complexity index is 409. The molecule has 2 N–H and O–H groups in total. The number of aromatic nitrogens is 2. The lowest BCUT2D eigenvalue weighted by atomic mass is 9.82. The van der Waals surface area contributed by atoms with Crippen LogP contribution >= 0.6 is 0 Å². The van der Waals surface area contributed by atoms with E-state index >= 15 is 0 Å². The van der Waals surface area contributed by atoms with Crippen molar-refractivity contribution >= 4 is 11.6 Å². The van der Waals surface area contributed by atoms with Crippen LogP contribution in [0.1, 0.15) is 58.7 Å². The molecule has 1 fully saturated rings. The van der Waals surface area contributed by atoms with Gasteiger partial charge in [0.25, 0.3) is 0 Å². The largest absolute Gasteiger partial charge is 0.370 e. The van der Waals surface area contributed by atoms with Gasteiger partial charge in [-0.25, -0.2) is 9.97 Å². The molecule has 1 aliphatic carbocycles. The van der Waals surface area contributed by atoms with Crippen LogP contribution in [-0.2, 0) is 6.42 Å². The summed E-state index contributed by atoms with van der Waals surface area (Å²) in [6, 6.07) is 2.04. The van der Waals surface area contributed by atoms with Gasteiger partial charge in [-0.2, -0.15) is 0 Å². The smallest absolute Gasteiger partial charge is 0.133 e. The molecule has 2 atom stereocenters. The third-order valence-electron chi connectivity index (χ3n) is 4.22. The first-order valence-electron chi connectivity index (χ1n) is 8.57. The molecule has 1 saturated carbocycles. The maximum atomic E-state index is 4.65. The van der Waals surface area contributed by atoms with E-state index in [1.807, 2.05) is 6.07 Å². The van der Waals surface area contributed by atoms with Crippen LogP contribution in [0.15, 0.2) is 6.07 Å². The lowest BCUT2D eigenvalue weighted by Gasteiger charge is -2.27. The number of hydrogen-bond acceptors (Lipinski definition) is 4. The molecule has 1 aromatic rings. The van der Waals surface area contributed by atoms with E-state index in [4.69, 9.17) is 0 Å². The quantitative estimate of drug-likeness (QED) is 0.794. The summed E-state index contributed by atoms with van der Waals surface area (Å²) in [5.41, 5.74) is 0. The zero-order valence-electron chi connectivity index (χ0n) is 13.8. The average molecular weight is 290 g/mol. The topological polar surface area (TPSA) is 49.8 Å². The van der Waals surface area contributed by atoms with Crippen molar-refractivity contribution in [3.8, 4) is 0 Å². The Morgan fingerprint density at radius 2 is 1.90 bits per heavy atom. The summed E-state index contributed by atoms with van der Waals surface area (Å²) in [7, 11) is 0. The van der Waals surface area contributed by atoms with Gasteiger partial charge in [0.05, 0.1) is 0 Å². The van der Waals surface area contributed by atoms with E-state index in [0.29, 0.717) is 0 Å². The van der Waals surface area contributed by atoms with Gasteiger partial charge in [0, 0.05) is 25.6 Å². The van der Waals surface area contributed by atoms with Gasteiger partial charge < -0.3 is 10.6 Å². The minimum atomic E-state index is 0.793. The highest BCUT2D eigenvalue weighted by Gasteiger charge is 2.18. The lowest BCUT2D eigenvalue weighted by molar-refractivity contribution is 0.293. The Balaban J connectivity index is 1.97. The first-order valence-corrected chi connectivity index (χ1v) is 8.57. The third-order valence-corrected chi connectivity index (χ3v) is 4.22. The van der Waals surface area contributed by atoms with E-state index in [-0.39, 0.29) is 0 Å². The van der Waals surface area contributed by atoms with Gasteiger partial charge in [0.2, 0.25) is 0 Å². The number of anilines is 2. The maximum Gasteiger partial charge on any atom is 0.133 e. The van der Waals surface area contributed by atoms with Gasteiger partial charge in [0.15, 0.2) is 0 Å². The van der Waals surface area contributed by atoms with Crippen LogP contribution in [0.4, 0.5) is 11.6 Å². The fourth-order valence-electron chi connectivity index (χ4n) is 3.19. The maximum absolute atomic E-state index is 4.65. The van der Waals surface area contributed by atoms with E-state index in [9.17, 15) is 0 Å². The van der Waals surface area contributed by atoms with Crippen molar-refractivity contribution in [3.05, 3.63) is 11.9 Å². The molecular formula is C17H30N4. The van der Waals surface area contributed by atoms with Gasteiger partial charge in [-0.1, -0.05) is 26.7 Å². The minimum Gasteiger partial charge on any atom is -0.370 e. The molecule has 2 rings (SSSR count). The summed E-state index contributed by atoms with van der Waals surface area (Å²) < 4.78 is 0. The van der Waals surface area contributed by atoms with Crippen LogP contribution in [0.3, 0.4) is 0 Å². The molecule has 0 aliphatic heterocycles.